The largest absolute Gasteiger partial charge is 0.465 e. The Balaban J connectivity index is 1.68. The summed E-state index contributed by atoms with van der Waals surface area (Å²) in [6.45, 7) is 7.22. The van der Waals surface area contributed by atoms with Gasteiger partial charge in [0.1, 0.15) is 5.76 Å². The van der Waals surface area contributed by atoms with Crippen LogP contribution < -0.4 is 5.32 Å². The Morgan fingerprint density at radius 3 is 2.22 bits per heavy atom. The van der Waals surface area contributed by atoms with E-state index in [1.807, 2.05) is 13.8 Å². The summed E-state index contributed by atoms with van der Waals surface area (Å²) in [5.41, 5.74) is 2.57. The number of ether oxygens (including phenoxy) is 2. The van der Waals surface area contributed by atoms with E-state index in [0.717, 1.165) is 36.5 Å². The average Bonchev–Trinajstić information content (AvgIpc) is 2.97. The molecule has 0 bridgehead atoms. The average molecular weight is 444 g/mol. The molecule has 1 aliphatic rings. The third-order valence-corrected chi connectivity index (χ3v) is 5.47. The van der Waals surface area contributed by atoms with Gasteiger partial charge in [0.15, 0.2) is 0 Å². The molecule has 0 radical (unpaired) electrons. The second-order valence-corrected chi connectivity index (χ2v) is 7.63. The molecule has 0 spiro atoms. The minimum atomic E-state index is -0.615. The molecule has 1 aromatic heterocycles. The Labute approximate surface area is 186 Å². The van der Waals surface area contributed by atoms with Crippen molar-refractivity contribution in [3.63, 3.8) is 0 Å². The van der Waals surface area contributed by atoms with E-state index in [0.29, 0.717) is 25.3 Å². The van der Waals surface area contributed by atoms with Crippen LogP contribution in [0.25, 0.3) is 0 Å². The molecule has 1 fully saturated rings. The van der Waals surface area contributed by atoms with Crippen molar-refractivity contribution >= 4 is 23.7 Å². The Kier molecular flexibility index (Phi) is 7.47. The summed E-state index contributed by atoms with van der Waals surface area (Å²) in [6.07, 6.45) is 0.812. The highest BCUT2D eigenvalue weighted by Crippen LogP contribution is 2.19. The second kappa shape index (κ2) is 10.3. The number of anilines is 1. The van der Waals surface area contributed by atoms with Crippen molar-refractivity contribution in [1.82, 2.24) is 15.0 Å². The number of aromatic nitrogens is 1. The molecule has 0 aliphatic carbocycles. The summed E-state index contributed by atoms with van der Waals surface area (Å²) in [5, 5.41) is 6.79. The number of hydrogen-bond acceptors (Lipinski definition) is 8. The van der Waals surface area contributed by atoms with Crippen molar-refractivity contribution in [2.24, 2.45) is 0 Å². The monoisotopic (exact) mass is 444 g/mol. The lowest BCUT2D eigenvalue weighted by atomic mass is 10.1. The summed E-state index contributed by atoms with van der Waals surface area (Å²) < 4.78 is 14.7. The van der Waals surface area contributed by atoms with Gasteiger partial charge in [-0.25, -0.2) is 14.4 Å². The predicted octanol–water partition coefficient (Wildman–Crippen LogP) is 2.60. The Morgan fingerprint density at radius 1 is 1.00 bits per heavy atom. The first-order chi connectivity index (χ1) is 15.3. The van der Waals surface area contributed by atoms with Crippen LogP contribution in [0.3, 0.4) is 0 Å². The first-order valence-electron chi connectivity index (χ1n) is 10.3. The zero-order chi connectivity index (χ0) is 23.3. The van der Waals surface area contributed by atoms with E-state index in [-0.39, 0.29) is 17.2 Å². The van der Waals surface area contributed by atoms with Crippen LogP contribution in [0.15, 0.2) is 22.7 Å². The number of carbonyl (C=O) groups is 3. The maximum absolute atomic E-state index is 12.9. The second-order valence-electron chi connectivity index (χ2n) is 7.63. The molecule has 10 nitrogen and oxygen atoms in total. The molecule has 0 atom stereocenters. The van der Waals surface area contributed by atoms with Crippen molar-refractivity contribution in [2.75, 3.05) is 45.7 Å². The molecule has 1 aromatic carbocycles. The molecule has 10 heteroatoms. The zero-order valence-electron chi connectivity index (χ0n) is 18.8. The number of rotatable bonds is 5. The summed E-state index contributed by atoms with van der Waals surface area (Å²) in [7, 11) is 2.49. The lowest BCUT2D eigenvalue weighted by molar-refractivity contribution is 0.0599. The third-order valence-electron chi connectivity index (χ3n) is 5.47. The molecule has 0 saturated carbocycles. The van der Waals surface area contributed by atoms with E-state index in [1.165, 1.54) is 32.4 Å². The normalized spacial score (nSPS) is 14.6. The highest BCUT2D eigenvalue weighted by Gasteiger charge is 2.22. The fourth-order valence-electron chi connectivity index (χ4n) is 3.66. The highest BCUT2D eigenvalue weighted by molar-refractivity contribution is 5.99. The Morgan fingerprint density at radius 2 is 1.66 bits per heavy atom. The number of carbonyl (C=O) groups excluding carboxylic acids is 3. The van der Waals surface area contributed by atoms with Crippen molar-refractivity contribution in [3.8, 4) is 0 Å². The van der Waals surface area contributed by atoms with E-state index in [9.17, 15) is 14.4 Å². The minimum Gasteiger partial charge on any atom is -0.465 e. The van der Waals surface area contributed by atoms with Crippen LogP contribution in [0.1, 0.15) is 44.2 Å². The van der Waals surface area contributed by atoms with E-state index in [4.69, 9.17) is 14.0 Å². The number of nitrogens with one attached hydrogen (secondary N) is 1. The number of benzene rings is 1. The van der Waals surface area contributed by atoms with Gasteiger partial charge in [-0.3, -0.25) is 4.90 Å². The highest BCUT2D eigenvalue weighted by atomic mass is 16.5. The van der Waals surface area contributed by atoms with E-state index in [1.54, 1.807) is 4.90 Å². The van der Waals surface area contributed by atoms with Gasteiger partial charge in [-0.2, -0.15) is 0 Å². The summed E-state index contributed by atoms with van der Waals surface area (Å²) in [4.78, 5) is 40.8. The van der Waals surface area contributed by atoms with Gasteiger partial charge in [-0.05, 0) is 38.5 Å². The number of hydrogen-bond donors (Lipinski definition) is 1. The topological polar surface area (TPSA) is 114 Å². The van der Waals surface area contributed by atoms with Crippen LogP contribution in [0.2, 0.25) is 0 Å². The number of esters is 2. The number of methoxy groups -OCH3 is 2. The maximum atomic E-state index is 12.9. The molecule has 0 unspecified atom stereocenters. The van der Waals surface area contributed by atoms with Gasteiger partial charge in [0.25, 0.3) is 0 Å². The number of urea groups is 1. The van der Waals surface area contributed by atoms with Crippen LogP contribution in [0.4, 0.5) is 10.5 Å². The number of aryl methyl sites for hydroxylation is 2. The molecule has 1 N–H and O–H groups in total. The van der Waals surface area contributed by atoms with Gasteiger partial charge < -0.3 is 24.2 Å². The number of nitrogens with zero attached hydrogens (tertiary/aromatic N) is 3. The molecular weight excluding hydrogens is 416 g/mol. The summed E-state index contributed by atoms with van der Waals surface area (Å²) in [6, 6.07) is 4.00. The van der Waals surface area contributed by atoms with Gasteiger partial charge in [0.05, 0.1) is 31.0 Å². The molecule has 2 aromatic rings. The van der Waals surface area contributed by atoms with Crippen LogP contribution in [0.5, 0.6) is 0 Å². The van der Waals surface area contributed by atoms with Gasteiger partial charge in [0, 0.05) is 44.0 Å². The van der Waals surface area contributed by atoms with Crippen LogP contribution in [-0.4, -0.2) is 73.3 Å². The standard InChI is InChI=1S/C22H28N4O6/c1-14-19(15(2)32-24-14)13-25-6-5-7-26(9-8-25)22(29)23-18-11-16(20(27)30-3)10-17(12-18)21(28)31-4/h10-12H,5-9,13H2,1-4H3,(H,23,29). The fourth-order valence-corrected chi connectivity index (χ4v) is 3.66. The summed E-state index contributed by atoms with van der Waals surface area (Å²) >= 11 is 0. The van der Waals surface area contributed by atoms with Crippen molar-refractivity contribution in [2.45, 2.75) is 26.8 Å². The molecule has 32 heavy (non-hydrogen) atoms. The Bertz CT molecular complexity index is 949. The molecule has 2 amide bonds. The van der Waals surface area contributed by atoms with Gasteiger partial charge >= 0.3 is 18.0 Å². The quantitative estimate of drug-likeness (QED) is 0.700. The zero-order valence-corrected chi connectivity index (χ0v) is 18.8. The van der Waals surface area contributed by atoms with Crippen molar-refractivity contribution in [1.29, 1.82) is 0 Å². The lowest BCUT2D eigenvalue weighted by Crippen LogP contribution is -2.38. The fraction of sp³-hybridized carbons (Fsp3) is 0.455. The smallest absolute Gasteiger partial charge is 0.337 e. The van der Waals surface area contributed by atoms with Crippen LogP contribution in [-0.2, 0) is 16.0 Å². The molecule has 2 heterocycles. The van der Waals surface area contributed by atoms with Crippen LogP contribution >= 0.6 is 0 Å². The van der Waals surface area contributed by atoms with Gasteiger partial charge in [-0.15, -0.1) is 0 Å². The van der Waals surface area contributed by atoms with Crippen molar-refractivity contribution in [3.05, 3.63) is 46.3 Å². The number of amides is 2. The van der Waals surface area contributed by atoms with E-state index in [2.05, 4.69) is 15.4 Å². The first kappa shape index (κ1) is 23.3. The Hall–Kier alpha value is -3.40. The molecular formula is C22H28N4O6. The lowest BCUT2D eigenvalue weighted by Gasteiger charge is -2.22. The van der Waals surface area contributed by atoms with E-state index < -0.39 is 11.9 Å². The minimum absolute atomic E-state index is 0.146. The molecule has 1 aliphatic heterocycles. The first-order valence-corrected chi connectivity index (χ1v) is 10.3. The summed E-state index contributed by atoms with van der Waals surface area (Å²) in [5.74, 6) is -0.416. The molecule has 1 saturated heterocycles. The van der Waals surface area contributed by atoms with Gasteiger partial charge in [-0.1, -0.05) is 5.16 Å². The predicted molar refractivity (Wildman–Crippen MR) is 116 cm³/mol. The molecule has 3 rings (SSSR count). The third kappa shape index (κ3) is 5.44. The SMILES string of the molecule is COC(=O)c1cc(NC(=O)N2CCCN(Cc3c(C)noc3C)CC2)cc(C(=O)OC)c1. The van der Waals surface area contributed by atoms with E-state index >= 15 is 0 Å². The molecule has 172 valence electrons. The van der Waals surface area contributed by atoms with Gasteiger partial charge in [0.2, 0.25) is 0 Å². The van der Waals surface area contributed by atoms with Crippen LogP contribution in [0, 0.1) is 13.8 Å². The van der Waals surface area contributed by atoms with Crippen molar-refractivity contribution < 1.29 is 28.4 Å². The maximum Gasteiger partial charge on any atom is 0.337 e.